The topological polar surface area (TPSA) is 95.4 Å². The number of carbonyl (C=O) groups is 1. The SMILES string of the molecule is CN(C)c1ccc(C=Nn2[nH]nc(C(=O)Nc3cccc(F)c3)c2=O)cc1. The van der Waals surface area contributed by atoms with E-state index in [1.807, 2.05) is 43.3 Å². The number of amides is 1. The first-order valence-corrected chi connectivity index (χ1v) is 8.00. The first-order chi connectivity index (χ1) is 12.9. The molecular weight excluding hydrogens is 351 g/mol. The first kappa shape index (κ1) is 18.1. The van der Waals surface area contributed by atoms with Crippen molar-refractivity contribution in [2.24, 2.45) is 5.10 Å². The molecule has 0 radical (unpaired) electrons. The van der Waals surface area contributed by atoms with E-state index in [-0.39, 0.29) is 11.4 Å². The molecule has 138 valence electrons. The Morgan fingerprint density at radius 3 is 2.67 bits per heavy atom. The van der Waals surface area contributed by atoms with E-state index in [1.54, 1.807) is 0 Å². The van der Waals surface area contributed by atoms with Gasteiger partial charge in [0.1, 0.15) is 5.82 Å². The number of anilines is 2. The van der Waals surface area contributed by atoms with Crippen LogP contribution in [0.1, 0.15) is 16.1 Å². The lowest BCUT2D eigenvalue weighted by Gasteiger charge is -2.11. The average molecular weight is 368 g/mol. The van der Waals surface area contributed by atoms with Gasteiger partial charge in [-0.25, -0.2) is 4.39 Å². The third-order valence-corrected chi connectivity index (χ3v) is 3.68. The number of hydrogen-bond acceptors (Lipinski definition) is 5. The summed E-state index contributed by atoms with van der Waals surface area (Å²) >= 11 is 0. The predicted molar refractivity (Wildman–Crippen MR) is 101 cm³/mol. The van der Waals surface area contributed by atoms with Crippen molar-refractivity contribution in [1.29, 1.82) is 0 Å². The van der Waals surface area contributed by atoms with E-state index in [9.17, 15) is 14.0 Å². The summed E-state index contributed by atoms with van der Waals surface area (Å²) in [6.45, 7) is 0. The summed E-state index contributed by atoms with van der Waals surface area (Å²) < 4.78 is 13.2. The number of H-pyrrole nitrogens is 1. The number of hydrogen-bond donors (Lipinski definition) is 2. The van der Waals surface area contributed by atoms with Crippen LogP contribution in [0, 0.1) is 5.82 Å². The van der Waals surface area contributed by atoms with Crippen molar-refractivity contribution in [2.75, 3.05) is 24.3 Å². The molecule has 3 aromatic rings. The Bertz CT molecular complexity index is 1040. The van der Waals surface area contributed by atoms with Crippen LogP contribution in [0.3, 0.4) is 0 Å². The minimum atomic E-state index is -0.758. The summed E-state index contributed by atoms with van der Waals surface area (Å²) in [4.78, 5) is 27.2. The molecule has 0 aliphatic rings. The van der Waals surface area contributed by atoms with Gasteiger partial charge < -0.3 is 10.2 Å². The first-order valence-electron chi connectivity index (χ1n) is 8.00. The van der Waals surface area contributed by atoms with Crippen LogP contribution in [0.15, 0.2) is 58.4 Å². The largest absolute Gasteiger partial charge is 0.378 e. The van der Waals surface area contributed by atoms with Crippen LogP contribution in [0.4, 0.5) is 15.8 Å². The lowest BCUT2D eigenvalue weighted by Crippen LogP contribution is -2.23. The minimum absolute atomic E-state index is 0.221. The maximum absolute atomic E-state index is 13.2. The number of aromatic nitrogens is 3. The Morgan fingerprint density at radius 2 is 2.00 bits per heavy atom. The van der Waals surface area contributed by atoms with Crippen molar-refractivity contribution in [1.82, 2.24) is 15.1 Å². The summed E-state index contributed by atoms with van der Waals surface area (Å²) in [5.41, 5.74) is 0.929. The third-order valence-electron chi connectivity index (χ3n) is 3.68. The highest BCUT2D eigenvalue weighted by atomic mass is 19.1. The van der Waals surface area contributed by atoms with E-state index in [0.29, 0.717) is 0 Å². The van der Waals surface area contributed by atoms with Gasteiger partial charge in [0.25, 0.3) is 5.91 Å². The average Bonchev–Trinajstić information content (AvgIpc) is 3.01. The Kier molecular flexibility index (Phi) is 5.11. The Hall–Kier alpha value is -3.75. The molecule has 1 heterocycles. The van der Waals surface area contributed by atoms with Crippen LogP contribution in [0.2, 0.25) is 0 Å². The number of benzene rings is 2. The van der Waals surface area contributed by atoms with E-state index >= 15 is 0 Å². The molecule has 2 aromatic carbocycles. The van der Waals surface area contributed by atoms with Crippen LogP contribution < -0.4 is 15.8 Å². The van der Waals surface area contributed by atoms with E-state index in [0.717, 1.165) is 22.1 Å². The second kappa shape index (κ2) is 7.65. The lowest BCUT2D eigenvalue weighted by atomic mass is 10.2. The monoisotopic (exact) mass is 368 g/mol. The van der Waals surface area contributed by atoms with Gasteiger partial charge in [0.05, 0.1) is 6.21 Å². The number of nitrogens with zero attached hydrogens (tertiary/aromatic N) is 4. The number of carbonyl (C=O) groups excluding carboxylic acids is 1. The molecule has 0 spiro atoms. The quantitative estimate of drug-likeness (QED) is 0.673. The molecule has 0 bridgehead atoms. The minimum Gasteiger partial charge on any atom is -0.378 e. The summed E-state index contributed by atoms with van der Waals surface area (Å²) in [6.07, 6.45) is 1.47. The molecule has 3 rings (SSSR count). The molecule has 1 aromatic heterocycles. The molecular formula is C18H17FN6O2. The van der Waals surface area contributed by atoms with Crippen LogP contribution in [-0.2, 0) is 0 Å². The standard InChI is InChI=1S/C18H17FN6O2/c1-24(2)15-8-6-12(7-9-15)11-20-25-18(27)16(22-23-25)17(26)21-14-5-3-4-13(19)10-14/h3-11,23H,1-2H3,(H,21,26). The second-order valence-electron chi connectivity index (χ2n) is 5.87. The summed E-state index contributed by atoms with van der Waals surface area (Å²) in [7, 11) is 3.87. The Morgan fingerprint density at radius 1 is 1.26 bits per heavy atom. The summed E-state index contributed by atoms with van der Waals surface area (Å²) in [5, 5.41) is 12.4. The van der Waals surface area contributed by atoms with Gasteiger partial charge in [-0.1, -0.05) is 18.2 Å². The molecule has 0 atom stereocenters. The molecule has 8 nitrogen and oxygen atoms in total. The Labute approximate surface area is 153 Å². The van der Waals surface area contributed by atoms with Crippen molar-refractivity contribution < 1.29 is 9.18 Å². The molecule has 1 amide bonds. The zero-order valence-corrected chi connectivity index (χ0v) is 14.7. The molecule has 0 saturated carbocycles. The summed E-state index contributed by atoms with van der Waals surface area (Å²) in [6, 6.07) is 12.8. The number of halogens is 1. The third kappa shape index (κ3) is 4.27. The highest BCUT2D eigenvalue weighted by molar-refractivity contribution is 6.02. The highest BCUT2D eigenvalue weighted by Crippen LogP contribution is 2.11. The van der Waals surface area contributed by atoms with Crippen molar-refractivity contribution in [2.45, 2.75) is 0 Å². The zero-order chi connectivity index (χ0) is 19.4. The molecule has 9 heteroatoms. The van der Waals surface area contributed by atoms with Gasteiger partial charge in [-0.3, -0.25) is 9.59 Å². The van der Waals surface area contributed by atoms with E-state index in [4.69, 9.17) is 0 Å². The lowest BCUT2D eigenvalue weighted by molar-refractivity contribution is 0.102. The van der Waals surface area contributed by atoms with Crippen molar-refractivity contribution in [3.8, 4) is 0 Å². The van der Waals surface area contributed by atoms with E-state index < -0.39 is 17.3 Å². The maximum atomic E-state index is 13.2. The molecule has 0 aliphatic carbocycles. The molecule has 2 N–H and O–H groups in total. The second-order valence-corrected chi connectivity index (χ2v) is 5.87. The number of aromatic amines is 1. The van der Waals surface area contributed by atoms with Gasteiger partial charge >= 0.3 is 5.56 Å². The number of nitrogens with one attached hydrogen (secondary N) is 2. The van der Waals surface area contributed by atoms with Gasteiger partial charge in [-0.15, -0.1) is 9.89 Å². The molecule has 0 unspecified atom stereocenters. The maximum Gasteiger partial charge on any atom is 0.320 e. The fourth-order valence-corrected chi connectivity index (χ4v) is 2.26. The van der Waals surface area contributed by atoms with Gasteiger partial charge in [-0.05, 0) is 35.9 Å². The van der Waals surface area contributed by atoms with Crippen LogP contribution in [0.25, 0.3) is 0 Å². The summed E-state index contributed by atoms with van der Waals surface area (Å²) in [5.74, 6) is -1.26. The smallest absolute Gasteiger partial charge is 0.320 e. The normalized spacial score (nSPS) is 10.9. The molecule has 0 fully saturated rings. The Balaban J connectivity index is 1.74. The van der Waals surface area contributed by atoms with Crippen molar-refractivity contribution >= 4 is 23.5 Å². The highest BCUT2D eigenvalue weighted by Gasteiger charge is 2.16. The fraction of sp³-hybridized carbons (Fsp3) is 0.111. The molecule has 27 heavy (non-hydrogen) atoms. The van der Waals surface area contributed by atoms with Crippen molar-refractivity contribution in [3.63, 3.8) is 0 Å². The van der Waals surface area contributed by atoms with Gasteiger partial charge in [0.15, 0.2) is 0 Å². The van der Waals surface area contributed by atoms with Crippen LogP contribution in [0.5, 0.6) is 0 Å². The van der Waals surface area contributed by atoms with Crippen molar-refractivity contribution in [3.05, 3.63) is 76.0 Å². The number of rotatable bonds is 5. The zero-order valence-electron chi connectivity index (χ0n) is 14.7. The van der Waals surface area contributed by atoms with Gasteiger partial charge in [0.2, 0.25) is 5.69 Å². The van der Waals surface area contributed by atoms with Crippen LogP contribution >= 0.6 is 0 Å². The van der Waals surface area contributed by atoms with E-state index in [2.05, 4.69) is 20.7 Å². The fourth-order valence-electron chi connectivity index (χ4n) is 2.26. The van der Waals surface area contributed by atoms with Gasteiger partial charge in [-0.2, -0.15) is 10.3 Å². The van der Waals surface area contributed by atoms with Crippen LogP contribution in [-0.4, -0.2) is 41.3 Å². The molecule has 0 saturated heterocycles. The van der Waals surface area contributed by atoms with Gasteiger partial charge in [0, 0.05) is 25.5 Å². The van der Waals surface area contributed by atoms with E-state index in [1.165, 1.54) is 24.4 Å². The predicted octanol–water partition coefficient (Wildman–Crippen LogP) is 1.91. The molecule has 0 aliphatic heterocycles.